The first kappa shape index (κ1) is 17.4. The van der Waals surface area contributed by atoms with Crippen molar-refractivity contribution < 1.29 is 4.79 Å². The molecule has 1 heterocycles. The molecule has 5 aliphatic rings. The third-order valence-electron chi connectivity index (χ3n) is 7.87. The van der Waals surface area contributed by atoms with E-state index in [4.69, 9.17) is 23.2 Å². The van der Waals surface area contributed by atoms with Crippen LogP contribution in [0.25, 0.3) is 0 Å². The molecule has 5 fully saturated rings. The maximum Gasteiger partial charge on any atom is 0.231 e. The van der Waals surface area contributed by atoms with Crippen molar-refractivity contribution in [2.75, 3.05) is 0 Å². The number of rotatable bonds is 2. The molecule has 6 rings (SSSR count). The monoisotopic (exact) mass is 391 g/mol. The molecule has 4 heteroatoms. The summed E-state index contributed by atoms with van der Waals surface area (Å²) in [6, 6.07) is 6.27. The molecule has 1 amide bonds. The molecule has 26 heavy (non-hydrogen) atoms. The van der Waals surface area contributed by atoms with Gasteiger partial charge in [0.05, 0.1) is 21.5 Å². The SMILES string of the molecule is CC12CC3CC(C1)C(N1C(=O)C(C)(C)C1c1cccc(Cl)c1Cl)C(C3)C2. The van der Waals surface area contributed by atoms with Crippen LogP contribution >= 0.6 is 23.2 Å². The van der Waals surface area contributed by atoms with Crippen LogP contribution in [0.2, 0.25) is 10.0 Å². The fraction of sp³-hybridized carbons (Fsp3) is 0.682. The van der Waals surface area contributed by atoms with E-state index in [1.54, 1.807) is 0 Å². The topological polar surface area (TPSA) is 20.3 Å². The van der Waals surface area contributed by atoms with Gasteiger partial charge in [-0.15, -0.1) is 0 Å². The van der Waals surface area contributed by atoms with Crippen LogP contribution in [-0.4, -0.2) is 16.8 Å². The van der Waals surface area contributed by atoms with Crippen LogP contribution < -0.4 is 0 Å². The van der Waals surface area contributed by atoms with Crippen LogP contribution in [0.15, 0.2) is 18.2 Å². The number of amides is 1. The van der Waals surface area contributed by atoms with E-state index in [2.05, 4.69) is 31.7 Å². The average molecular weight is 392 g/mol. The summed E-state index contributed by atoms with van der Waals surface area (Å²) in [4.78, 5) is 15.4. The van der Waals surface area contributed by atoms with Gasteiger partial charge in [-0.25, -0.2) is 0 Å². The van der Waals surface area contributed by atoms with Gasteiger partial charge >= 0.3 is 0 Å². The van der Waals surface area contributed by atoms with Crippen LogP contribution in [0.3, 0.4) is 0 Å². The minimum atomic E-state index is -0.410. The first-order valence-electron chi connectivity index (χ1n) is 9.98. The molecule has 4 aliphatic carbocycles. The Bertz CT molecular complexity index is 772. The van der Waals surface area contributed by atoms with Crippen LogP contribution in [-0.2, 0) is 4.79 Å². The molecule has 0 aromatic heterocycles. The zero-order chi connectivity index (χ0) is 18.4. The molecule has 0 spiro atoms. The van der Waals surface area contributed by atoms with Crippen molar-refractivity contribution in [1.82, 2.24) is 4.90 Å². The highest BCUT2D eigenvalue weighted by molar-refractivity contribution is 6.42. The minimum absolute atomic E-state index is 0.0385. The van der Waals surface area contributed by atoms with Crippen LogP contribution in [0.5, 0.6) is 0 Å². The van der Waals surface area contributed by atoms with Gasteiger partial charge in [-0.05, 0) is 80.8 Å². The average Bonchev–Trinajstić information content (AvgIpc) is 2.55. The third-order valence-corrected chi connectivity index (χ3v) is 8.71. The first-order valence-corrected chi connectivity index (χ1v) is 10.7. The molecular weight excluding hydrogens is 365 g/mol. The predicted octanol–water partition coefficient (Wildman–Crippen LogP) is 6.12. The van der Waals surface area contributed by atoms with E-state index in [0.717, 1.165) is 11.5 Å². The second kappa shape index (κ2) is 5.41. The second-order valence-electron chi connectivity index (χ2n) is 10.3. The summed E-state index contributed by atoms with van der Waals surface area (Å²) >= 11 is 12.9. The lowest BCUT2D eigenvalue weighted by Crippen LogP contribution is -2.70. The number of carbonyl (C=O) groups is 1. The van der Waals surface area contributed by atoms with Crippen molar-refractivity contribution in [2.24, 2.45) is 28.6 Å². The molecule has 0 radical (unpaired) electrons. The smallest absolute Gasteiger partial charge is 0.231 e. The summed E-state index contributed by atoms with van der Waals surface area (Å²) in [5, 5.41) is 1.19. The fourth-order valence-corrected chi connectivity index (χ4v) is 7.70. The van der Waals surface area contributed by atoms with Gasteiger partial charge in [-0.1, -0.05) is 42.3 Å². The maximum absolute atomic E-state index is 13.2. The number of β-lactam (4-membered cyclic amide) rings is 1. The zero-order valence-corrected chi connectivity index (χ0v) is 17.3. The van der Waals surface area contributed by atoms with Gasteiger partial charge in [-0.2, -0.15) is 0 Å². The largest absolute Gasteiger partial charge is 0.330 e. The van der Waals surface area contributed by atoms with Crippen molar-refractivity contribution in [1.29, 1.82) is 0 Å². The summed E-state index contributed by atoms with van der Waals surface area (Å²) in [6.45, 7) is 6.60. The van der Waals surface area contributed by atoms with E-state index in [-0.39, 0.29) is 6.04 Å². The van der Waals surface area contributed by atoms with Crippen molar-refractivity contribution in [3.8, 4) is 0 Å². The van der Waals surface area contributed by atoms with E-state index < -0.39 is 5.41 Å². The number of halogens is 2. The molecule has 2 nitrogen and oxygen atoms in total. The highest BCUT2D eigenvalue weighted by atomic mass is 35.5. The molecule has 3 unspecified atom stereocenters. The van der Waals surface area contributed by atoms with Gasteiger partial charge in [0.2, 0.25) is 5.91 Å². The summed E-state index contributed by atoms with van der Waals surface area (Å²) in [6.07, 6.45) is 6.57. The molecule has 4 saturated carbocycles. The van der Waals surface area contributed by atoms with E-state index in [0.29, 0.717) is 39.2 Å². The Kier molecular flexibility index (Phi) is 3.62. The Labute approximate surface area is 166 Å². The highest BCUT2D eigenvalue weighted by Gasteiger charge is 2.63. The molecule has 1 saturated heterocycles. The predicted molar refractivity (Wildman–Crippen MR) is 105 cm³/mol. The summed E-state index contributed by atoms with van der Waals surface area (Å²) < 4.78 is 0. The number of carbonyl (C=O) groups excluding carboxylic acids is 1. The highest BCUT2D eigenvalue weighted by Crippen LogP contribution is 2.64. The van der Waals surface area contributed by atoms with Gasteiger partial charge in [0, 0.05) is 6.04 Å². The molecule has 1 aliphatic heterocycles. The maximum atomic E-state index is 13.2. The van der Waals surface area contributed by atoms with E-state index in [1.165, 1.54) is 32.1 Å². The van der Waals surface area contributed by atoms with Crippen molar-refractivity contribution >= 4 is 29.1 Å². The number of benzene rings is 1. The fourth-order valence-electron chi connectivity index (χ4n) is 7.28. The number of nitrogens with zero attached hydrogens (tertiary/aromatic N) is 1. The van der Waals surface area contributed by atoms with Gasteiger partial charge in [0.15, 0.2) is 0 Å². The third kappa shape index (κ3) is 2.21. The molecule has 1 aromatic rings. The molecule has 0 N–H and O–H groups in total. The van der Waals surface area contributed by atoms with Gasteiger partial charge in [0.25, 0.3) is 0 Å². The standard InChI is InChI=1S/C22H27Cl2NO/c1-21(2)19(15-5-4-6-16(23)17(15)24)25(20(21)26)18-13-7-12-8-14(18)11-22(3,9-12)10-13/h4-6,12-14,18-19H,7-11H2,1-3H3. The van der Waals surface area contributed by atoms with Crippen LogP contribution in [0, 0.1) is 28.6 Å². The lowest BCUT2D eigenvalue weighted by Gasteiger charge is -2.66. The van der Waals surface area contributed by atoms with Gasteiger partial charge < -0.3 is 4.90 Å². The molecule has 140 valence electrons. The van der Waals surface area contributed by atoms with Crippen molar-refractivity contribution in [3.05, 3.63) is 33.8 Å². The normalized spacial score (nSPS) is 42.9. The van der Waals surface area contributed by atoms with Gasteiger partial charge in [-0.3, -0.25) is 4.79 Å². The quantitative estimate of drug-likeness (QED) is 0.556. The van der Waals surface area contributed by atoms with E-state index in [9.17, 15) is 4.79 Å². The number of likely N-dealkylation sites (tertiary alicyclic amines) is 1. The van der Waals surface area contributed by atoms with Crippen molar-refractivity contribution in [2.45, 2.75) is 65.0 Å². The Morgan fingerprint density at radius 2 is 1.69 bits per heavy atom. The Morgan fingerprint density at radius 1 is 1.04 bits per heavy atom. The van der Waals surface area contributed by atoms with E-state index in [1.807, 2.05) is 12.1 Å². The van der Waals surface area contributed by atoms with E-state index >= 15 is 0 Å². The molecule has 1 aromatic carbocycles. The minimum Gasteiger partial charge on any atom is -0.330 e. The number of hydrogen-bond acceptors (Lipinski definition) is 1. The summed E-state index contributed by atoms with van der Waals surface area (Å²) in [5.74, 6) is 2.49. The summed E-state index contributed by atoms with van der Waals surface area (Å²) in [5.41, 5.74) is 1.12. The second-order valence-corrected chi connectivity index (χ2v) is 11.0. The molecular formula is C22H27Cl2NO. The zero-order valence-electron chi connectivity index (χ0n) is 15.8. The summed E-state index contributed by atoms with van der Waals surface area (Å²) in [7, 11) is 0. The Hall–Kier alpha value is -0.730. The lowest BCUT2D eigenvalue weighted by atomic mass is 9.47. The number of hydrogen-bond donors (Lipinski definition) is 0. The lowest BCUT2D eigenvalue weighted by molar-refractivity contribution is -0.197. The molecule has 4 bridgehead atoms. The Morgan fingerprint density at radius 3 is 2.31 bits per heavy atom. The van der Waals surface area contributed by atoms with Crippen LogP contribution in [0.1, 0.15) is 64.5 Å². The van der Waals surface area contributed by atoms with Gasteiger partial charge in [0.1, 0.15) is 0 Å². The molecule has 3 atom stereocenters. The van der Waals surface area contributed by atoms with Crippen molar-refractivity contribution in [3.63, 3.8) is 0 Å². The Balaban J connectivity index is 1.54. The van der Waals surface area contributed by atoms with Crippen LogP contribution in [0.4, 0.5) is 0 Å². The first-order chi connectivity index (χ1) is 12.2.